The molecule has 0 amide bonds. The molecule has 1 aromatic rings. The molecule has 0 bridgehead atoms. The summed E-state index contributed by atoms with van der Waals surface area (Å²) < 4.78 is 0. The monoisotopic (exact) mass is 201 g/mol. The van der Waals surface area contributed by atoms with Crippen molar-refractivity contribution in [3.8, 4) is 0 Å². The van der Waals surface area contributed by atoms with Crippen LogP contribution in [-0.4, -0.2) is 0 Å². The predicted octanol–water partition coefficient (Wildman–Crippen LogP) is 2.82. The Morgan fingerprint density at radius 3 is 2.47 bits per heavy atom. The Kier molecular flexibility index (Phi) is 1.93. The summed E-state index contributed by atoms with van der Waals surface area (Å²) in [4.78, 5) is 0. The molecule has 0 unspecified atom stereocenters. The molecule has 2 aliphatic rings. The van der Waals surface area contributed by atoms with Crippen LogP contribution < -0.4 is 5.73 Å². The first-order valence-electron chi connectivity index (χ1n) is 6.11. The van der Waals surface area contributed by atoms with Gasteiger partial charge in [0, 0.05) is 5.54 Å². The number of hydrogen-bond acceptors (Lipinski definition) is 1. The predicted molar refractivity (Wildman–Crippen MR) is 62.9 cm³/mol. The van der Waals surface area contributed by atoms with E-state index in [2.05, 4.69) is 19.1 Å². The van der Waals surface area contributed by atoms with E-state index in [0.29, 0.717) is 0 Å². The highest BCUT2D eigenvalue weighted by atomic mass is 14.8. The maximum atomic E-state index is 6.45. The van der Waals surface area contributed by atoms with Crippen LogP contribution in [0.2, 0.25) is 0 Å². The molecule has 1 aromatic carbocycles. The summed E-state index contributed by atoms with van der Waals surface area (Å²) in [6.45, 7) is 2.23. The smallest absolute Gasteiger partial charge is 0.0412 e. The molecule has 2 aliphatic carbocycles. The van der Waals surface area contributed by atoms with E-state index < -0.39 is 0 Å². The van der Waals surface area contributed by atoms with E-state index in [1.54, 1.807) is 11.1 Å². The molecule has 1 saturated carbocycles. The second-order valence-electron chi connectivity index (χ2n) is 5.25. The van der Waals surface area contributed by atoms with Crippen molar-refractivity contribution in [3.63, 3.8) is 0 Å². The molecule has 0 radical (unpaired) electrons. The molecule has 0 saturated heterocycles. The first-order chi connectivity index (χ1) is 7.21. The normalized spacial score (nSPS) is 22.3. The average molecular weight is 201 g/mol. The zero-order chi connectivity index (χ0) is 10.5. The quantitative estimate of drug-likeness (QED) is 0.743. The summed E-state index contributed by atoms with van der Waals surface area (Å²) in [5.41, 5.74) is 12.6. The molecule has 80 valence electrons. The Hall–Kier alpha value is -0.820. The number of fused-ring (bicyclic) bond motifs is 1. The third-order valence-electron chi connectivity index (χ3n) is 4.30. The number of rotatable bonds is 1. The van der Waals surface area contributed by atoms with Crippen molar-refractivity contribution in [2.75, 3.05) is 0 Å². The van der Waals surface area contributed by atoms with Crippen LogP contribution in [0.1, 0.15) is 47.9 Å². The maximum Gasteiger partial charge on any atom is 0.0412 e. The number of benzene rings is 1. The summed E-state index contributed by atoms with van der Waals surface area (Å²) in [6, 6.07) is 4.56. The van der Waals surface area contributed by atoms with E-state index in [4.69, 9.17) is 5.73 Å². The molecule has 0 spiro atoms. The van der Waals surface area contributed by atoms with Crippen LogP contribution in [0.5, 0.6) is 0 Å². The van der Waals surface area contributed by atoms with Gasteiger partial charge < -0.3 is 5.73 Å². The molecule has 0 heterocycles. The molecule has 3 rings (SSSR count). The van der Waals surface area contributed by atoms with E-state index in [1.807, 2.05) is 0 Å². The highest BCUT2D eigenvalue weighted by Crippen LogP contribution is 2.43. The Balaban J connectivity index is 2.13. The largest absolute Gasteiger partial charge is 0.321 e. The molecule has 1 heteroatoms. The molecule has 0 atom stereocenters. The highest BCUT2D eigenvalue weighted by Gasteiger charge is 2.37. The van der Waals surface area contributed by atoms with Crippen molar-refractivity contribution in [1.82, 2.24) is 0 Å². The molecule has 15 heavy (non-hydrogen) atoms. The van der Waals surface area contributed by atoms with E-state index in [9.17, 15) is 0 Å². The zero-order valence-corrected chi connectivity index (χ0v) is 9.47. The summed E-state index contributed by atoms with van der Waals surface area (Å²) in [6.07, 6.45) is 7.52. The van der Waals surface area contributed by atoms with Gasteiger partial charge in [-0.1, -0.05) is 12.1 Å². The minimum atomic E-state index is 0.0299. The van der Waals surface area contributed by atoms with Crippen molar-refractivity contribution < 1.29 is 0 Å². The Morgan fingerprint density at radius 2 is 1.80 bits per heavy atom. The highest BCUT2D eigenvalue weighted by molar-refractivity contribution is 5.47. The lowest BCUT2D eigenvalue weighted by Crippen LogP contribution is -2.44. The van der Waals surface area contributed by atoms with Gasteiger partial charge in [0.2, 0.25) is 0 Å². The van der Waals surface area contributed by atoms with Crippen LogP contribution in [0.4, 0.5) is 0 Å². The fraction of sp³-hybridized carbons (Fsp3) is 0.571. The van der Waals surface area contributed by atoms with Crippen LogP contribution >= 0.6 is 0 Å². The van der Waals surface area contributed by atoms with Crippen LogP contribution in [0, 0.1) is 6.92 Å². The van der Waals surface area contributed by atoms with Crippen LogP contribution in [0.25, 0.3) is 0 Å². The lowest BCUT2D eigenvalue weighted by molar-refractivity contribution is 0.252. The third-order valence-corrected chi connectivity index (χ3v) is 4.30. The molecule has 1 fully saturated rings. The first kappa shape index (κ1) is 9.41. The van der Waals surface area contributed by atoms with Gasteiger partial charge in [0.15, 0.2) is 0 Å². The van der Waals surface area contributed by atoms with Gasteiger partial charge in [0.1, 0.15) is 0 Å². The number of nitrogens with two attached hydrogens (primary N) is 1. The summed E-state index contributed by atoms with van der Waals surface area (Å²) in [5.74, 6) is 0. The molecule has 1 nitrogen and oxygen atoms in total. The van der Waals surface area contributed by atoms with Gasteiger partial charge in [-0.3, -0.25) is 0 Å². The molecular weight excluding hydrogens is 182 g/mol. The van der Waals surface area contributed by atoms with Gasteiger partial charge in [-0.15, -0.1) is 0 Å². The number of aryl methyl sites for hydroxylation is 1. The molecule has 0 aliphatic heterocycles. The Morgan fingerprint density at radius 1 is 1.07 bits per heavy atom. The third kappa shape index (κ3) is 1.26. The molecular formula is C14H19N. The fourth-order valence-electron chi connectivity index (χ4n) is 3.18. The van der Waals surface area contributed by atoms with Gasteiger partial charge in [0.25, 0.3) is 0 Å². The average Bonchev–Trinajstić information content (AvgIpc) is 2.64. The fourth-order valence-corrected chi connectivity index (χ4v) is 3.18. The van der Waals surface area contributed by atoms with Gasteiger partial charge in [0.05, 0.1) is 0 Å². The summed E-state index contributed by atoms with van der Waals surface area (Å²) >= 11 is 0. The first-order valence-corrected chi connectivity index (χ1v) is 6.11. The second-order valence-corrected chi connectivity index (χ2v) is 5.25. The lowest BCUT2D eigenvalue weighted by atomic mass is 9.70. The van der Waals surface area contributed by atoms with Gasteiger partial charge in [-0.2, -0.15) is 0 Å². The lowest BCUT2D eigenvalue weighted by Gasteiger charge is -2.40. The second kappa shape index (κ2) is 3.08. The number of hydrogen-bond donors (Lipinski definition) is 1. The molecule has 0 aromatic heterocycles. The SMILES string of the molecule is Cc1ccc(C2(N)CCC2)c2c1CCC2. The minimum Gasteiger partial charge on any atom is -0.321 e. The van der Waals surface area contributed by atoms with Crippen LogP contribution in [0.3, 0.4) is 0 Å². The minimum absolute atomic E-state index is 0.0299. The van der Waals surface area contributed by atoms with E-state index in [-0.39, 0.29) is 5.54 Å². The van der Waals surface area contributed by atoms with Crippen molar-refractivity contribution in [1.29, 1.82) is 0 Å². The van der Waals surface area contributed by atoms with Crippen molar-refractivity contribution >= 4 is 0 Å². The van der Waals surface area contributed by atoms with Crippen molar-refractivity contribution in [2.45, 2.75) is 51.0 Å². The molecule has 2 N–H and O–H groups in total. The van der Waals surface area contributed by atoms with Crippen LogP contribution in [-0.2, 0) is 18.4 Å². The van der Waals surface area contributed by atoms with Gasteiger partial charge in [-0.05, 0) is 67.7 Å². The van der Waals surface area contributed by atoms with E-state index >= 15 is 0 Å². The van der Waals surface area contributed by atoms with E-state index in [1.165, 1.54) is 49.7 Å². The summed E-state index contributed by atoms with van der Waals surface area (Å²) in [7, 11) is 0. The van der Waals surface area contributed by atoms with Crippen molar-refractivity contribution in [2.24, 2.45) is 5.73 Å². The Bertz CT molecular complexity index is 402. The van der Waals surface area contributed by atoms with E-state index in [0.717, 1.165) is 0 Å². The van der Waals surface area contributed by atoms with Gasteiger partial charge in [-0.25, -0.2) is 0 Å². The summed E-state index contributed by atoms with van der Waals surface area (Å²) in [5, 5.41) is 0. The van der Waals surface area contributed by atoms with Gasteiger partial charge >= 0.3 is 0 Å². The maximum absolute atomic E-state index is 6.45. The van der Waals surface area contributed by atoms with Crippen molar-refractivity contribution in [3.05, 3.63) is 34.4 Å². The van der Waals surface area contributed by atoms with Crippen LogP contribution in [0.15, 0.2) is 12.1 Å². The standard InChI is InChI=1S/C14H19N/c1-10-6-7-13(14(15)8-3-9-14)12-5-2-4-11(10)12/h6-7H,2-5,8-9,15H2,1H3. The topological polar surface area (TPSA) is 26.0 Å². The zero-order valence-electron chi connectivity index (χ0n) is 9.47. The Labute approximate surface area is 91.7 Å².